The van der Waals surface area contributed by atoms with Gasteiger partial charge in [0, 0.05) is 17.8 Å². The molecule has 0 fully saturated rings. The average molecular weight is 388 g/mol. The van der Waals surface area contributed by atoms with E-state index in [0.29, 0.717) is 27.5 Å². The molecule has 1 amide bonds. The topological polar surface area (TPSA) is 104 Å². The molecule has 5 N–H and O–H groups in total. The van der Waals surface area contributed by atoms with Crippen molar-refractivity contribution in [2.75, 3.05) is 6.54 Å². The molecule has 0 saturated carbocycles. The Balaban J connectivity index is 1.77. The summed E-state index contributed by atoms with van der Waals surface area (Å²) in [5.74, 6) is -0.627. The molecule has 3 aromatic rings. The van der Waals surface area contributed by atoms with Crippen LogP contribution < -0.4 is 11.1 Å². The molecule has 0 aliphatic rings. The minimum absolute atomic E-state index is 0.0954. The van der Waals surface area contributed by atoms with Crippen molar-refractivity contribution >= 4 is 17.2 Å². The highest BCUT2D eigenvalue weighted by Crippen LogP contribution is 2.24. The molecule has 0 saturated heterocycles. The Kier molecular flexibility index (Phi) is 5.69. The molecule has 2 aromatic heterocycles. The Bertz CT molecular complexity index is 967. The van der Waals surface area contributed by atoms with E-state index in [0.717, 1.165) is 10.6 Å². The van der Waals surface area contributed by atoms with Crippen LogP contribution in [0.5, 0.6) is 0 Å². The maximum atomic E-state index is 13.8. The highest BCUT2D eigenvalue weighted by molar-refractivity contribution is 7.11. The van der Waals surface area contributed by atoms with Gasteiger partial charge in [0.2, 0.25) is 0 Å². The highest BCUT2D eigenvalue weighted by atomic mass is 32.1. The second-order valence-electron chi connectivity index (χ2n) is 6.23. The van der Waals surface area contributed by atoms with Crippen molar-refractivity contribution in [2.45, 2.75) is 26.5 Å². The van der Waals surface area contributed by atoms with E-state index in [1.807, 2.05) is 0 Å². The van der Waals surface area contributed by atoms with Crippen LogP contribution in [0.2, 0.25) is 0 Å². The first-order valence-corrected chi connectivity index (χ1v) is 9.28. The fraction of sp³-hybridized carbons (Fsp3) is 0.263. The Morgan fingerprint density at radius 1 is 1.37 bits per heavy atom. The highest BCUT2D eigenvalue weighted by Gasteiger charge is 2.20. The fourth-order valence-electron chi connectivity index (χ4n) is 2.66. The van der Waals surface area contributed by atoms with Crippen LogP contribution in [-0.4, -0.2) is 27.5 Å². The van der Waals surface area contributed by atoms with Gasteiger partial charge in [-0.05, 0) is 37.6 Å². The smallest absolute Gasteiger partial charge is 0.268 e. The van der Waals surface area contributed by atoms with Crippen LogP contribution in [0.15, 0.2) is 30.3 Å². The molecule has 8 heteroatoms. The van der Waals surface area contributed by atoms with Crippen LogP contribution >= 0.6 is 11.3 Å². The lowest BCUT2D eigenvalue weighted by atomic mass is 10.1. The number of amides is 1. The third-order valence-electron chi connectivity index (χ3n) is 4.31. The molecule has 2 heterocycles. The lowest BCUT2D eigenvalue weighted by Crippen LogP contribution is -2.33. The summed E-state index contributed by atoms with van der Waals surface area (Å²) >= 11 is 1.33. The number of nitrogens with one attached hydrogen (secondary N) is 2. The number of nitrogens with two attached hydrogens (primary N) is 1. The quantitative estimate of drug-likeness (QED) is 0.521. The Hall–Kier alpha value is -2.55. The van der Waals surface area contributed by atoms with Gasteiger partial charge in [-0.15, -0.1) is 11.3 Å². The molecule has 0 radical (unpaired) electrons. The number of nitrogens with zero attached hydrogens (tertiary/aromatic N) is 1. The van der Waals surface area contributed by atoms with Gasteiger partial charge in [-0.1, -0.05) is 12.1 Å². The number of aromatic amines is 1. The van der Waals surface area contributed by atoms with Crippen molar-refractivity contribution < 1.29 is 14.3 Å². The predicted molar refractivity (Wildman–Crippen MR) is 103 cm³/mol. The first-order chi connectivity index (χ1) is 12.9. The molecular formula is C19H21FN4O2S. The number of carbonyl (C=O) groups excluding carboxylic acids is 1. The summed E-state index contributed by atoms with van der Waals surface area (Å²) in [5.41, 5.74) is 8.75. The zero-order valence-electron chi connectivity index (χ0n) is 15.0. The summed E-state index contributed by atoms with van der Waals surface area (Å²) in [4.78, 5) is 20.7. The van der Waals surface area contributed by atoms with Crippen LogP contribution in [0.3, 0.4) is 0 Å². The molecule has 1 atom stereocenters. The van der Waals surface area contributed by atoms with Crippen molar-refractivity contribution in [1.82, 2.24) is 15.3 Å². The van der Waals surface area contributed by atoms with Crippen LogP contribution in [0.1, 0.15) is 37.7 Å². The second-order valence-corrected chi connectivity index (χ2v) is 7.35. The first kappa shape index (κ1) is 19.2. The lowest BCUT2D eigenvalue weighted by Gasteiger charge is -2.13. The van der Waals surface area contributed by atoms with E-state index >= 15 is 0 Å². The molecule has 0 spiro atoms. The van der Waals surface area contributed by atoms with Crippen LogP contribution in [0.4, 0.5) is 4.39 Å². The number of aliphatic hydroxyl groups excluding tert-OH is 1. The molecule has 0 bridgehead atoms. The van der Waals surface area contributed by atoms with E-state index < -0.39 is 6.04 Å². The Morgan fingerprint density at radius 2 is 2.15 bits per heavy atom. The summed E-state index contributed by atoms with van der Waals surface area (Å²) in [6.07, 6.45) is 0. The van der Waals surface area contributed by atoms with Gasteiger partial charge in [0.25, 0.3) is 5.91 Å². The molecule has 27 heavy (non-hydrogen) atoms. The van der Waals surface area contributed by atoms with Gasteiger partial charge in [-0.25, -0.2) is 9.37 Å². The van der Waals surface area contributed by atoms with Crippen molar-refractivity contribution in [3.05, 3.63) is 63.0 Å². The third-order valence-corrected chi connectivity index (χ3v) is 5.56. The standard InChI is InChI=1S/C19H21FN4O2S/c1-10-3-4-12(7-13(10)20)14-5-6-15(23-14)18(26)24-16(8-21)19-22-11(2)17(9-25)27-19/h3-7,16,23,25H,8-9,21H2,1-2H3,(H,24,26)/t16-/m1/s1. The van der Waals surface area contributed by atoms with Gasteiger partial charge in [0.05, 0.1) is 23.2 Å². The number of carbonyl (C=O) groups is 1. The van der Waals surface area contributed by atoms with Gasteiger partial charge in [0.15, 0.2) is 0 Å². The zero-order chi connectivity index (χ0) is 19.6. The Labute approximate surface area is 160 Å². The van der Waals surface area contributed by atoms with Crippen LogP contribution in [0.25, 0.3) is 11.3 Å². The second kappa shape index (κ2) is 7.99. The molecule has 0 aliphatic heterocycles. The Morgan fingerprint density at radius 3 is 2.78 bits per heavy atom. The van der Waals surface area contributed by atoms with E-state index in [1.165, 1.54) is 17.4 Å². The minimum Gasteiger partial charge on any atom is -0.391 e. The summed E-state index contributed by atoms with van der Waals surface area (Å²) < 4.78 is 13.8. The fourth-order valence-corrected chi connectivity index (χ4v) is 3.65. The number of aliphatic hydroxyl groups is 1. The number of H-pyrrole nitrogens is 1. The van der Waals surface area contributed by atoms with E-state index in [1.54, 1.807) is 38.1 Å². The maximum absolute atomic E-state index is 13.8. The van der Waals surface area contributed by atoms with Gasteiger partial charge < -0.3 is 21.1 Å². The van der Waals surface area contributed by atoms with Crippen molar-refractivity contribution in [3.8, 4) is 11.3 Å². The molecule has 142 valence electrons. The number of rotatable bonds is 6. The van der Waals surface area contributed by atoms with E-state index in [-0.39, 0.29) is 24.9 Å². The summed E-state index contributed by atoms with van der Waals surface area (Å²) in [6, 6.07) is 7.84. The van der Waals surface area contributed by atoms with Crippen LogP contribution in [0, 0.1) is 19.7 Å². The number of hydrogen-bond donors (Lipinski definition) is 4. The third kappa shape index (κ3) is 4.08. The summed E-state index contributed by atoms with van der Waals surface area (Å²) in [5, 5.41) is 12.8. The summed E-state index contributed by atoms with van der Waals surface area (Å²) in [7, 11) is 0. The maximum Gasteiger partial charge on any atom is 0.268 e. The monoisotopic (exact) mass is 388 g/mol. The number of benzene rings is 1. The number of aromatic nitrogens is 2. The molecule has 0 aliphatic carbocycles. The van der Waals surface area contributed by atoms with Gasteiger partial charge in [-0.3, -0.25) is 4.79 Å². The zero-order valence-corrected chi connectivity index (χ0v) is 15.9. The van der Waals surface area contributed by atoms with Gasteiger partial charge in [-0.2, -0.15) is 0 Å². The average Bonchev–Trinajstić information content (AvgIpc) is 3.28. The first-order valence-electron chi connectivity index (χ1n) is 8.46. The molecular weight excluding hydrogens is 367 g/mol. The molecule has 6 nitrogen and oxygen atoms in total. The van der Waals surface area contributed by atoms with E-state index in [2.05, 4.69) is 15.3 Å². The largest absolute Gasteiger partial charge is 0.391 e. The minimum atomic E-state index is -0.454. The molecule has 1 aromatic carbocycles. The lowest BCUT2D eigenvalue weighted by molar-refractivity contribution is 0.0933. The molecule has 0 unspecified atom stereocenters. The number of halogens is 1. The molecule has 3 rings (SSSR count). The van der Waals surface area contributed by atoms with E-state index in [4.69, 9.17) is 5.73 Å². The van der Waals surface area contributed by atoms with Crippen molar-refractivity contribution in [1.29, 1.82) is 0 Å². The normalized spacial score (nSPS) is 12.2. The van der Waals surface area contributed by atoms with Gasteiger partial charge in [0.1, 0.15) is 16.5 Å². The van der Waals surface area contributed by atoms with Crippen LogP contribution in [-0.2, 0) is 6.61 Å². The summed E-state index contributed by atoms with van der Waals surface area (Å²) in [6.45, 7) is 3.59. The van der Waals surface area contributed by atoms with Crippen molar-refractivity contribution in [3.63, 3.8) is 0 Å². The van der Waals surface area contributed by atoms with Crippen molar-refractivity contribution in [2.24, 2.45) is 5.73 Å². The predicted octanol–water partition coefficient (Wildman–Crippen LogP) is 2.82. The number of thiazole rings is 1. The van der Waals surface area contributed by atoms with Gasteiger partial charge >= 0.3 is 0 Å². The number of aryl methyl sites for hydroxylation is 2. The van der Waals surface area contributed by atoms with E-state index in [9.17, 15) is 14.3 Å². The SMILES string of the molecule is Cc1ccc(-c2ccc(C(=O)N[C@H](CN)c3nc(C)c(CO)s3)[nH]2)cc1F. The number of hydrogen-bond acceptors (Lipinski definition) is 5.